The molecule has 0 amide bonds. The maximum absolute atomic E-state index is 13.0. The van der Waals surface area contributed by atoms with Crippen LogP contribution in [0.3, 0.4) is 0 Å². The van der Waals surface area contributed by atoms with Gasteiger partial charge in [0.2, 0.25) is 0 Å². The van der Waals surface area contributed by atoms with Crippen LogP contribution in [0.5, 0.6) is 5.75 Å². The summed E-state index contributed by atoms with van der Waals surface area (Å²) in [6.45, 7) is 8.87. The van der Waals surface area contributed by atoms with Gasteiger partial charge in [0.1, 0.15) is 34.1 Å². The monoisotopic (exact) mass is 392 g/mol. The first-order chi connectivity index (χ1) is 11.9. The van der Waals surface area contributed by atoms with Crippen LogP contribution in [0.15, 0.2) is 53.7 Å². The van der Waals surface area contributed by atoms with E-state index in [1.807, 2.05) is 13.8 Å². The molecule has 0 aliphatic heterocycles. The van der Waals surface area contributed by atoms with E-state index < -0.39 is 32.0 Å². The Balaban J connectivity index is 0.00000301. The van der Waals surface area contributed by atoms with Crippen molar-refractivity contribution in [1.82, 2.24) is 0 Å². The molecule has 1 aromatic rings. The lowest BCUT2D eigenvalue weighted by molar-refractivity contribution is 0.362. The number of rotatable bonds is 5. The minimum atomic E-state index is -10.0. The van der Waals surface area contributed by atoms with Crippen LogP contribution in [-0.4, -0.2) is 0 Å². The largest absolute Gasteiger partial charge is 0.456 e. The molecule has 26 heavy (non-hydrogen) atoms. The van der Waals surface area contributed by atoms with E-state index in [0.717, 1.165) is 0 Å². The second kappa shape index (κ2) is 7.63. The Morgan fingerprint density at radius 1 is 1.12 bits per heavy atom. The molecule has 0 unspecified atom stereocenters. The lowest BCUT2D eigenvalue weighted by atomic mass is 10.1. The van der Waals surface area contributed by atoms with Crippen molar-refractivity contribution in [2.24, 2.45) is 0 Å². The van der Waals surface area contributed by atoms with Gasteiger partial charge in [0.15, 0.2) is 0 Å². The van der Waals surface area contributed by atoms with E-state index in [9.17, 15) is 19.4 Å². The molecule has 1 rings (SSSR count). The van der Waals surface area contributed by atoms with Gasteiger partial charge in [0, 0.05) is 6.07 Å². The Morgan fingerprint density at radius 3 is 2.08 bits per heavy atom. The number of nitriles is 2. The summed E-state index contributed by atoms with van der Waals surface area (Å²) in [5.74, 6) is -0.809. The molecule has 3 nitrogen and oxygen atoms in total. The number of hydrogen-bond donors (Lipinski definition) is 0. The van der Waals surface area contributed by atoms with Crippen LogP contribution in [0.1, 0.15) is 31.9 Å². The van der Waals surface area contributed by atoms with Gasteiger partial charge in [0.05, 0.1) is 5.56 Å². The summed E-state index contributed by atoms with van der Waals surface area (Å²) in [6, 6.07) is 2.75. The smallest absolute Gasteiger partial charge is 0.310 e. The standard InChI is InChI=1S/C15H11F5N2OS.C2H6/c1-3-5-6-12(4-2)23-15-8-13(24(16,17,18,19)20)7-11(9-21)14(15)10-22;1-2/h3-8H,1H2,2H3;1-2H3/b6-5-,12-4+;. The number of halogens is 5. The molecule has 0 saturated heterocycles. The average Bonchev–Trinajstić information content (AvgIpc) is 2.57. The van der Waals surface area contributed by atoms with Crippen LogP contribution in [-0.2, 0) is 0 Å². The molecular formula is C17H17F5N2OS. The number of hydrogen-bond acceptors (Lipinski definition) is 3. The van der Waals surface area contributed by atoms with Gasteiger partial charge < -0.3 is 4.74 Å². The SMILES string of the molecule is C=C/C=C\C(=C/C)Oc1cc(S(F)(F)(F)(F)F)cc(C#N)c1C#N.CC. The Labute approximate surface area is 149 Å². The summed E-state index contributed by atoms with van der Waals surface area (Å²) >= 11 is 0. The van der Waals surface area contributed by atoms with Gasteiger partial charge >= 0.3 is 10.2 Å². The molecule has 0 fully saturated rings. The fourth-order valence-corrected chi connectivity index (χ4v) is 2.25. The number of nitrogens with zero attached hydrogens (tertiary/aromatic N) is 2. The minimum Gasteiger partial charge on any atom is -0.456 e. The molecular weight excluding hydrogens is 375 g/mol. The molecule has 9 heteroatoms. The molecule has 0 N–H and O–H groups in total. The quantitative estimate of drug-likeness (QED) is 0.304. The molecule has 0 aliphatic carbocycles. The third-order valence-corrected chi connectivity index (χ3v) is 3.79. The van der Waals surface area contributed by atoms with E-state index in [1.165, 1.54) is 43.4 Å². The summed E-state index contributed by atoms with van der Waals surface area (Å²) in [4.78, 5) is -2.30. The van der Waals surface area contributed by atoms with Crippen LogP contribution in [0.2, 0.25) is 0 Å². The van der Waals surface area contributed by atoms with Crippen LogP contribution < -0.4 is 4.74 Å². The van der Waals surface area contributed by atoms with Crippen molar-refractivity contribution in [3.63, 3.8) is 0 Å². The second-order valence-corrected chi connectivity index (χ2v) is 6.83. The van der Waals surface area contributed by atoms with Gasteiger partial charge in [-0.1, -0.05) is 52.0 Å². The highest BCUT2D eigenvalue weighted by Crippen LogP contribution is 3.02. The van der Waals surface area contributed by atoms with Crippen LogP contribution in [0.25, 0.3) is 0 Å². The summed E-state index contributed by atoms with van der Waals surface area (Å²) in [5, 5.41) is 17.9. The lowest BCUT2D eigenvalue weighted by Gasteiger charge is -2.40. The van der Waals surface area contributed by atoms with Crippen LogP contribution in [0.4, 0.5) is 19.4 Å². The summed E-state index contributed by atoms with van der Waals surface area (Å²) in [5.41, 5.74) is -1.43. The van der Waals surface area contributed by atoms with E-state index in [1.54, 1.807) is 0 Å². The fourth-order valence-electron chi connectivity index (χ4n) is 1.58. The normalized spacial score (nSPS) is 14.2. The highest BCUT2D eigenvalue weighted by molar-refractivity contribution is 8.45. The first-order valence-corrected chi connectivity index (χ1v) is 9.17. The zero-order valence-corrected chi connectivity index (χ0v) is 15.1. The lowest BCUT2D eigenvalue weighted by Crippen LogP contribution is -2.08. The molecule has 1 aromatic carbocycles. The zero-order chi connectivity index (χ0) is 20.7. The summed E-state index contributed by atoms with van der Waals surface area (Å²) in [7, 11) is -10.0. The van der Waals surface area contributed by atoms with Crippen LogP contribution >= 0.6 is 10.2 Å². The van der Waals surface area contributed by atoms with E-state index in [2.05, 4.69) is 6.58 Å². The zero-order valence-electron chi connectivity index (χ0n) is 14.3. The molecule has 0 radical (unpaired) electrons. The minimum absolute atomic E-state index is 0.0189. The predicted molar refractivity (Wildman–Crippen MR) is 92.3 cm³/mol. The number of allylic oxidation sites excluding steroid dienone is 4. The Bertz CT molecular complexity index is 828. The molecule has 142 valence electrons. The van der Waals surface area contributed by atoms with Crippen molar-refractivity contribution >= 4 is 10.2 Å². The van der Waals surface area contributed by atoms with Crippen molar-refractivity contribution in [2.75, 3.05) is 0 Å². The Hall–Kier alpha value is -2.78. The van der Waals surface area contributed by atoms with Gasteiger partial charge in [-0.3, -0.25) is 0 Å². The van der Waals surface area contributed by atoms with E-state index in [0.29, 0.717) is 0 Å². The number of benzene rings is 1. The van der Waals surface area contributed by atoms with Crippen molar-refractivity contribution in [3.8, 4) is 17.9 Å². The first kappa shape index (κ1) is 23.2. The Morgan fingerprint density at radius 2 is 1.69 bits per heavy atom. The maximum atomic E-state index is 13.0. The molecule has 0 atom stereocenters. The predicted octanol–water partition coefficient (Wildman–Crippen LogP) is 7.14. The Kier molecular flexibility index (Phi) is 6.81. The average molecular weight is 392 g/mol. The highest BCUT2D eigenvalue weighted by Gasteiger charge is 2.65. The third-order valence-electron chi connectivity index (χ3n) is 2.66. The van der Waals surface area contributed by atoms with E-state index in [4.69, 9.17) is 15.3 Å². The molecule has 0 bridgehead atoms. The van der Waals surface area contributed by atoms with Gasteiger partial charge in [-0.2, -0.15) is 10.5 Å². The first-order valence-electron chi connectivity index (χ1n) is 7.22. The van der Waals surface area contributed by atoms with Crippen molar-refractivity contribution in [1.29, 1.82) is 10.5 Å². The molecule has 0 aromatic heterocycles. The summed E-state index contributed by atoms with van der Waals surface area (Å²) < 4.78 is 70.2. The van der Waals surface area contributed by atoms with Gasteiger partial charge in [-0.25, -0.2) is 0 Å². The van der Waals surface area contributed by atoms with E-state index in [-0.39, 0.29) is 17.9 Å². The van der Waals surface area contributed by atoms with Crippen molar-refractivity contribution < 1.29 is 24.2 Å². The fraction of sp³-hybridized carbons (Fsp3) is 0.176. The topological polar surface area (TPSA) is 56.8 Å². The number of ether oxygens (including phenoxy) is 1. The van der Waals surface area contributed by atoms with Crippen molar-refractivity contribution in [3.05, 3.63) is 59.9 Å². The highest BCUT2D eigenvalue weighted by atomic mass is 32.5. The van der Waals surface area contributed by atoms with E-state index >= 15 is 0 Å². The van der Waals surface area contributed by atoms with Crippen molar-refractivity contribution in [2.45, 2.75) is 25.7 Å². The third kappa shape index (κ3) is 6.26. The molecule has 0 aliphatic rings. The molecule has 0 heterocycles. The maximum Gasteiger partial charge on any atom is 0.310 e. The van der Waals surface area contributed by atoms with Gasteiger partial charge in [-0.05, 0) is 25.1 Å². The molecule has 0 saturated carbocycles. The second-order valence-electron chi connectivity index (χ2n) is 4.42. The molecule has 0 spiro atoms. The summed E-state index contributed by atoms with van der Waals surface area (Å²) in [6.07, 6.45) is 5.37. The van der Waals surface area contributed by atoms with Gasteiger partial charge in [0.25, 0.3) is 0 Å². The van der Waals surface area contributed by atoms with Crippen LogP contribution in [0, 0.1) is 22.7 Å². The van der Waals surface area contributed by atoms with Gasteiger partial charge in [-0.15, -0.1) is 0 Å².